The lowest BCUT2D eigenvalue weighted by Gasteiger charge is -2.12. The second-order valence-electron chi connectivity index (χ2n) is 5.89. The number of carbonyl (C=O) groups is 1. The number of hydrogen-bond acceptors (Lipinski definition) is 5. The number of rotatable bonds is 6. The third-order valence-corrected chi connectivity index (χ3v) is 3.95. The van der Waals surface area contributed by atoms with Crippen LogP contribution >= 0.6 is 0 Å². The molecule has 0 aliphatic carbocycles. The first-order chi connectivity index (χ1) is 13.0. The summed E-state index contributed by atoms with van der Waals surface area (Å²) in [7, 11) is 0. The summed E-state index contributed by atoms with van der Waals surface area (Å²) in [5.41, 5.74) is 1.04. The Morgan fingerprint density at radius 2 is 1.81 bits per heavy atom. The Bertz CT molecular complexity index is 983. The van der Waals surface area contributed by atoms with Crippen molar-refractivity contribution >= 4 is 17.3 Å². The lowest BCUT2D eigenvalue weighted by molar-refractivity contribution is -0.386. The molecule has 0 radical (unpaired) electrons. The Morgan fingerprint density at radius 3 is 2.48 bits per heavy atom. The van der Waals surface area contributed by atoms with E-state index in [2.05, 4.69) is 10.4 Å². The minimum Gasteiger partial charge on any atom is -0.455 e. The molecular weight excluding hydrogens is 348 g/mol. The summed E-state index contributed by atoms with van der Waals surface area (Å²) < 4.78 is 7.14. The quantitative estimate of drug-likeness (QED) is 0.528. The molecule has 1 heterocycles. The Kier molecular flexibility index (Phi) is 5.16. The van der Waals surface area contributed by atoms with Gasteiger partial charge in [0, 0.05) is 0 Å². The molecule has 0 aliphatic heterocycles. The van der Waals surface area contributed by atoms with Gasteiger partial charge in [-0.05, 0) is 38.1 Å². The Balaban J connectivity index is 1.76. The molecule has 3 rings (SSSR count). The highest BCUT2D eigenvalue weighted by molar-refractivity contribution is 5.92. The molecule has 0 saturated heterocycles. The summed E-state index contributed by atoms with van der Waals surface area (Å²) in [6.07, 6.45) is 0. The smallest absolute Gasteiger partial charge is 0.312 e. The maximum Gasteiger partial charge on any atom is 0.312 e. The Hall–Kier alpha value is -3.68. The van der Waals surface area contributed by atoms with E-state index in [0.717, 1.165) is 0 Å². The molecule has 0 spiro atoms. The Labute approximate surface area is 155 Å². The summed E-state index contributed by atoms with van der Waals surface area (Å²) in [6.45, 7) is 2.97. The molecule has 2 aromatic carbocycles. The molecule has 1 amide bonds. The van der Waals surface area contributed by atoms with Crippen LogP contribution in [-0.4, -0.2) is 20.6 Å². The van der Waals surface area contributed by atoms with Gasteiger partial charge >= 0.3 is 5.69 Å². The molecule has 8 nitrogen and oxygen atoms in total. The third-order valence-electron chi connectivity index (χ3n) is 3.95. The first-order valence-corrected chi connectivity index (χ1v) is 8.26. The van der Waals surface area contributed by atoms with Crippen LogP contribution in [0.1, 0.15) is 11.4 Å². The van der Waals surface area contributed by atoms with Gasteiger partial charge in [-0.1, -0.05) is 30.3 Å². The lowest BCUT2D eigenvalue weighted by atomic mass is 10.2. The highest BCUT2D eigenvalue weighted by Gasteiger charge is 2.23. The van der Waals surface area contributed by atoms with Crippen molar-refractivity contribution in [2.24, 2.45) is 0 Å². The van der Waals surface area contributed by atoms with Crippen LogP contribution in [-0.2, 0) is 11.3 Å². The van der Waals surface area contributed by atoms with Gasteiger partial charge in [0.1, 0.15) is 23.7 Å². The van der Waals surface area contributed by atoms with E-state index in [1.165, 1.54) is 4.68 Å². The van der Waals surface area contributed by atoms with Crippen molar-refractivity contribution in [3.05, 3.63) is 76.1 Å². The summed E-state index contributed by atoms with van der Waals surface area (Å²) in [6, 6.07) is 16.3. The normalized spacial score (nSPS) is 10.4. The summed E-state index contributed by atoms with van der Waals surface area (Å²) in [4.78, 5) is 23.0. The standard InChI is InChI=1S/C19H18N4O4/c1-13-19(23(25)26)14(2)22(21-13)12-18(24)20-16-10-6-7-11-17(16)27-15-8-4-3-5-9-15/h3-11H,12H2,1-2H3,(H,20,24). The summed E-state index contributed by atoms with van der Waals surface area (Å²) in [5.74, 6) is 0.782. The van der Waals surface area contributed by atoms with Crippen LogP contribution < -0.4 is 10.1 Å². The van der Waals surface area contributed by atoms with E-state index in [9.17, 15) is 14.9 Å². The number of amides is 1. The van der Waals surface area contributed by atoms with Crippen molar-refractivity contribution in [3.8, 4) is 11.5 Å². The van der Waals surface area contributed by atoms with Gasteiger partial charge in [0.2, 0.25) is 5.91 Å². The molecule has 0 fully saturated rings. The highest BCUT2D eigenvalue weighted by atomic mass is 16.6. The fourth-order valence-corrected chi connectivity index (χ4v) is 2.71. The highest BCUT2D eigenvalue weighted by Crippen LogP contribution is 2.29. The summed E-state index contributed by atoms with van der Waals surface area (Å²) in [5, 5.41) is 17.9. The van der Waals surface area contributed by atoms with E-state index in [-0.39, 0.29) is 23.8 Å². The van der Waals surface area contributed by atoms with Crippen molar-refractivity contribution < 1.29 is 14.5 Å². The number of benzene rings is 2. The molecule has 0 bridgehead atoms. The fourth-order valence-electron chi connectivity index (χ4n) is 2.71. The third kappa shape index (κ3) is 4.12. The van der Waals surface area contributed by atoms with Crippen LogP contribution in [0.3, 0.4) is 0 Å². The SMILES string of the molecule is Cc1nn(CC(=O)Nc2ccccc2Oc2ccccc2)c(C)c1[N+](=O)[O-]. The monoisotopic (exact) mass is 366 g/mol. The molecule has 27 heavy (non-hydrogen) atoms. The van der Waals surface area contributed by atoms with Gasteiger partial charge in [0.15, 0.2) is 5.75 Å². The van der Waals surface area contributed by atoms with Crippen LogP contribution in [0.4, 0.5) is 11.4 Å². The predicted octanol–water partition coefficient (Wildman–Crippen LogP) is 3.84. The number of carbonyl (C=O) groups excluding carboxylic acids is 1. The van der Waals surface area contributed by atoms with E-state index in [0.29, 0.717) is 22.9 Å². The molecule has 0 atom stereocenters. The van der Waals surface area contributed by atoms with Crippen molar-refractivity contribution in [2.75, 3.05) is 5.32 Å². The molecule has 1 aromatic heterocycles. The van der Waals surface area contributed by atoms with E-state index >= 15 is 0 Å². The van der Waals surface area contributed by atoms with Crippen LogP contribution in [0.5, 0.6) is 11.5 Å². The van der Waals surface area contributed by atoms with Gasteiger partial charge in [-0.25, -0.2) is 0 Å². The van der Waals surface area contributed by atoms with Crippen molar-refractivity contribution in [2.45, 2.75) is 20.4 Å². The maximum atomic E-state index is 12.4. The zero-order chi connectivity index (χ0) is 19.4. The number of nitrogens with one attached hydrogen (secondary N) is 1. The molecule has 0 aliphatic rings. The minimum absolute atomic E-state index is 0.0735. The number of para-hydroxylation sites is 3. The molecule has 1 N–H and O–H groups in total. The van der Waals surface area contributed by atoms with Crippen molar-refractivity contribution in [3.63, 3.8) is 0 Å². The molecule has 8 heteroatoms. The second kappa shape index (κ2) is 7.69. The molecule has 0 saturated carbocycles. The average molecular weight is 366 g/mol. The Morgan fingerprint density at radius 1 is 1.15 bits per heavy atom. The van der Waals surface area contributed by atoms with Crippen molar-refractivity contribution in [1.29, 1.82) is 0 Å². The van der Waals surface area contributed by atoms with Crippen molar-refractivity contribution in [1.82, 2.24) is 9.78 Å². The van der Waals surface area contributed by atoms with E-state index < -0.39 is 4.92 Å². The molecule has 0 unspecified atom stereocenters. The van der Waals surface area contributed by atoms with Crippen LogP contribution in [0.25, 0.3) is 0 Å². The number of nitrogens with zero attached hydrogens (tertiary/aromatic N) is 3. The zero-order valence-corrected chi connectivity index (χ0v) is 14.9. The lowest BCUT2D eigenvalue weighted by Crippen LogP contribution is -2.20. The average Bonchev–Trinajstić information content (AvgIpc) is 2.91. The number of anilines is 1. The first kappa shape index (κ1) is 18.1. The van der Waals surface area contributed by atoms with Gasteiger partial charge in [-0.3, -0.25) is 19.6 Å². The van der Waals surface area contributed by atoms with E-state index in [4.69, 9.17) is 4.74 Å². The summed E-state index contributed by atoms with van der Waals surface area (Å²) >= 11 is 0. The first-order valence-electron chi connectivity index (χ1n) is 8.26. The number of nitro groups is 1. The van der Waals surface area contributed by atoms with Gasteiger partial charge in [-0.2, -0.15) is 5.10 Å². The van der Waals surface area contributed by atoms with Gasteiger partial charge in [-0.15, -0.1) is 0 Å². The largest absolute Gasteiger partial charge is 0.455 e. The van der Waals surface area contributed by atoms with Crippen LogP contribution in [0.15, 0.2) is 54.6 Å². The predicted molar refractivity (Wildman–Crippen MR) is 99.9 cm³/mol. The van der Waals surface area contributed by atoms with Gasteiger partial charge in [0.05, 0.1) is 10.6 Å². The topological polar surface area (TPSA) is 99.3 Å². The maximum absolute atomic E-state index is 12.4. The fraction of sp³-hybridized carbons (Fsp3) is 0.158. The molecular formula is C19H18N4O4. The number of ether oxygens (including phenoxy) is 1. The zero-order valence-electron chi connectivity index (χ0n) is 14.9. The van der Waals surface area contributed by atoms with E-state index in [1.54, 1.807) is 38.1 Å². The number of aromatic nitrogens is 2. The van der Waals surface area contributed by atoms with E-state index in [1.807, 2.05) is 30.3 Å². The van der Waals surface area contributed by atoms with Crippen LogP contribution in [0, 0.1) is 24.0 Å². The number of aryl methyl sites for hydroxylation is 1. The minimum atomic E-state index is -0.491. The van der Waals surface area contributed by atoms with Crippen LogP contribution in [0.2, 0.25) is 0 Å². The molecule has 138 valence electrons. The second-order valence-corrected chi connectivity index (χ2v) is 5.89. The number of hydrogen-bond donors (Lipinski definition) is 1. The van der Waals surface area contributed by atoms with Gasteiger partial charge < -0.3 is 10.1 Å². The molecule has 3 aromatic rings. The van der Waals surface area contributed by atoms with Gasteiger partial charge in [0.25, 0.3) is 0 Å².